The Morgan fingerprint density at radius 3 is 2.57 bits per heavy atom. The van der Waals surface area contributed by atoms with Gasteiger partial charge in [-0.1, -0.05) is 0 Å². The van der Waals surface area contributed by atoms with Crippen LogP contribution in [0.4, 0.5) is 5.69 Å². The Bertz CT molecular complexity index is 700. The topological polar surface area (TPSA) is 86.4 Å². The second-order valence-electron chi connectivity index (χ2n) is 8.04. The number of rotatable bonds is 7. The van der Waals surface area contributed by atoms with E-state index < -0.39 is 0 Å². The predicted octanol–water partition coefficient (Wildman–Crippen LogP) is 0.980. The number of anilines is 1. The molecular formula is C22H36N6O2. The summed E-state index contributed by atoms with van der Waals surface area (Å²) in [5.41, 5.74) is 6.71. The van der Waals surface area contributed by atoms with E-state index in [9.17, 15) is 4.79 Å². The monoisotopic (exact) mass is 416 g/mol. The lowest BCUT2D eigenvalue weighted by Gasteiger charge is -2.37. The minimum absolute atomic E-state index is 0.0153. The zero-order valence-electron chi connectivity index (χ0n) is 18.3. The Labute approximate surface area is 180 Å². The average Bonchev–Trinajstić information content (AvgIpc) is 2.79. The Morgan fingerprint density at radius 1 is 1.20 bits per heavy atom. The highest BCUT2D eigenvalue weighted by Crippen LogP contribution is 2.20. The molecule has 2 fully saturated rings. The highest BCUT2D eigenvalue weighted by molar-refractivity contribution is 5.80. The number of aliphatic imine (C=N–C) groups is 1. The number of piperazine rings is 1. The van der Waals surface area contributed by atoms with E-state index in [4.69, 9.17) is 10.5 Å². The molecule has 2 heterocycles. The van der Waals surface area contributed by atoms with Gasteiger partial charge in [0, 0.05) is 52.0 Å². The number of methoxy groups -OCH3 is 1. The molecule has 0 radical (unpaired) electrons. The minimum Gasteiger partial charge on any atom is -0.497 e. The molecule has 0 aromatic heterocycles. The van der Waals surface area contributed by atoms with Crippen molar-refractivity contribution in [3.05, 3.63) is 24.3 Å². The molecular weight excluding hydrogens is 380 g/mol. The number of carbonyl (C=O) groups excluding carboxylic acids is 1. The van der Waals surface area contributed by atoms with Crippen LogP contribution >= 0.6 is 0 Å². The maximum atomic E-state index is 11.4. The van der Waals surface area contributed by atoms with Crippen LogP contribution in [0.15, 0.2) is 29.3 Å². The third-order valence-electron chi connectivity index (χ3n) is 6.07. The molecule has 1 aromatic rings. The van der Waals surface area contributed by atoms with Crippen LogP contribution in [-0.4, -0.2) is 88.2 Å². The van der Waals surface area contributed by atoms with Gasteiger partial charge in [-0.15, -0.1) is 0 Å². The number of guanidine groups is 1. The number of hydrogen-bond donors (Lipinski definition) is 2. The van der Waals surface area contributed by atoms with Gasteiger partial charge in [0.2, 0.25) is 5.91 Å². The third kappa shape index (κ3) is 6.01. The smallest absolute Gasteiger partial charge is 0.221 e. The lowest BCUT2D eigenvalue weighted by atomic mass is 9.97. The minimum atomic E-state index is -0.160. The Balaban J connectivity index is 1.38. The lowest BCUT2D eigenvalue weighted by Crippen LogP contribution is -2.52. The number of nitrogens with one attached hydrogen (secondary N) is 1. The molecule has 30 heavy (non-hydrogen) atoms. The van der Waals surface area contributed by atoms with Crippen LogP contribution in [0.25, 0.3) is 0 Å². The zero-order chi connectivity index (χ0) is 21.3. The number of likely N-dealkylation sites (tertiary alicyclic amines) is 1. The van der Waals surface area contributed by atoms with Gasteiger partial charge in [-0.25, -0.2) is 0 Å². The first kappa shape index (κ1) is 22.2. The summed E-state index contributed by atoms with van der Waals surface area (Å²) in [7, 11) is 3.54. The molecule has 1 amide bonds. The Morgan fingerprint density at radius 2 is 1.93 bits per heavy atom. The van der Waals surface area contributed by atoms with Gasteiger partial charge in [0.15, 0.2) is 5.96 Å². The summed E-state index contributed by atoms with van der Waals surface area (Å²) >= 11 is 0. The van der Waals surface area contributed by atoms with Crippen molar-refractivity contribution in [2.24, 2.45) is 16.6 Å². The van der Waals surface area contributed by atoms with Crippen LogP contribution < -0.4 is 20.7 Å². The molecule has 1 atom stereocenters. The van der Waals surface area contributed by atoms with Gasteiger partial charge in [-0.2, -0.15) is 0 Å². The van der Waals surface area contributed by atoms with E-state index in [1.807, 2.05) is 19.2 Å². The summed E-state index contributed by atoms with van der Waals surface area (Å²) in [6.45, 7) is 7.55. The normalized spacial score (nSPS) is 20.9. The van der Waals surface area contributed by atoms with Crippen LogP contribution in [0.5, 0.6) is 5.75 Å². The molecule has 0 aliphatic carbocycles. The summed E-state index contributed by atoms with van der Waals surface area (Å²) < 4.78 is 5.25. The van der Waals surface area contributed by atoms with E-state index in [-0.39, 0.29) is 11.8 Å². The lowest BCUT2D eigenvalue weighted by molar-refractivity contribution is -0.123. The van der Waals surface area contributed by atoms with Crippen molar-refractivity contribution in [2.45, 2.75) is 19.3 Å². The third-order valence-corrected chi connectivity index (χ3v) is 6.07. The number of ether oxygens (including phenoxy) is 1. The number of benzene rings is 1. The highest BCUT2D eigenvalue weighted by atomic mass is 16.5. The molecule has 0 bridgehead atoms. The van der Waals surface area contributed by atoms with Gasteiger partial charge in [-0.05, 0) is 56.6 Å². The molecule has 2 aliphatic rings. The fraction of sp³-hybridized carbons (Fsp3) is 0.636. The van der Waals surface area contributed by atoms with Gasteiger partial charge in [-0.3, -0.25) is 9.79 Å². The van der Waals surface area contributed by atoms with Gasteiger partial charge in [0.1, 0.15) is 5.75 Å². The Hall–Kier alpha value is -2.48. The first-order valence-electron chi connectivity index (χ1n) is 11.0. The number of amides is 1. The maximum absolute atomic E-state index is 11.4. The SMILES string of the molecule is CN=C(NCCCN1CCCC(C(N)=O)C1)N1CCN(c2ccc(OC)cc2)CC1. The first-order valence-corrected chi connectivity index (χ1v) is 11.0. The molecule has 0 saturated carbocycles. The molecule has 166 valence electrons. The molecule has 2 saturated heterocycles. The van der Waals surface area contributed by atoms with Gasteiger partial charge < -0.3 is 30.5 Å². The summed E-state index contributed by atoms with van der Waals surface area (Å²) in [5, 5.41) is 3.50. The van der Waals surface area contributed by atoms with Crippen LogP contribution in [0, 0.1) is 5.92 Å². The Kier molecular flexibility index (Phi) is 8.19. The van der Waals surface area contributed by atoms with Crippen LogP contribution in [0.2, 0.25) is 0 Å². The largest absolute Gasteiger partial charge is 0.497 e. The molecule has 0 spiro atoms. The maximum Gasteiger partial charge on any atom is 0.221 e. The summed E-state index contributed by atoms with van der Waals surface area (Å²) in [5.74, 6) is 1.71. The number of nitrogens with two attached hydrogens (primary N) is 1. The second-order valence-corrected chi connectivity index (χ2v) is 8.04. The summed E-state index contributed by atoms with van der Waals surface area (Å²) in [6.07, 6.45) is 3.01. The van der Waals surface area contributed by atoms with E-state index >= 15 is 0 Å². The highest BCUT2D eigenvalue weighted by Gasteiger charge is 2.23. The van der Waals surface area contributed by atoms with Crippen LogP contribution in [-0.2, 0) is 4.79 Å². The van der Waals surface area contributed by atoms with Gasteiger partial charge in [0.25, 0.3) is 0 Å². The number of nitrogens with zero attached hydrogens (tertiary/aromatic N) is 4. The van der Waals surface area contributed by atoms with E-state index in [1.54, 1.807) is 7.11 Å². The zero-order valence-corrected chi connectivity index (χ0v) is 18.3. The number of carbonyl (C=O) groups is 1. The van der Waals surface area contributed by atoms with E-state index in [0.29, 0.717) is 0 Å². The predicted molar refractivity (Wildman–Crippen MR) is 121 cm³/mol. The summed E-state index contributed by atoms with van der Waals surface area (Å²) in [6, 6.07) is 8.25. The molecule has 3 N–H and O–H groups in total. The molecule has 1 unspecified atom stereocenters. The summed E-state index contributed by atoms with van der Waals surface area (Å²) in [4.78, 5) is 23.0. The van der Waals surface area contributed by atoms with Gasteiger partial charge >= 0.3 is 0 Å². The molecule has 3 rings (SSSR count). The first-order chi connectivity index (χ1) is 14.6. The molecule has 8 nitrogen and oxygen atoms in total. The van der Waals surface area contributed by atoms with Crippen molar-refractivity contribution >= 4 is 17.6 Å². The van der Waals surface area contributed by atoms with Crippen molar-refractivity contribution in [1.29, 1.82) is 0 Å². The van der Waals surface area contributed by atoms with E-state index in [1.165, 1.54) is 5.69 Å². The fourth-order valence-corrected chi connectivity index (χ4v) is 4.30. The van der Waals surface area contributed by atoms with Gasteiger partial charge in [0.05, 0.1) is 13.0 Å². The molecule has 1 aromatic carbocycles. The van der Waals surface area contributed by atoms with Crippen molar-refractivity contribution in [1.82, 2.24) is 15.1 Å². The van der Waals surface area contributed by atoms with Crippen LogP contribution in [0.3, 0.4) is 0 Å². The molecule has 8 heteroatoms. The quantitative estimate of drug-likeness (QED) is 0.392. The van der Waals surface area contributed by atoms with Crippen molar-refractivity contribution in [2.75, 3.05) is 71.4 Å². The standard InChI is InChI=1S/C22H36N6O2/c1-24-22(25-10-4-12-26-11-3-5-18(17-26)21(23)29)28-15-13-27(14-16-28)19-6-8-20(30-2)9-7-19/h6-9,18H,3-5,10-17H2,1-2H3,(H2,23,29)(H,24,25). The number of piperidine rings is 1. The van der Waals surface area contributed by atoms with E-state index in [0.717, 1.165) is 83.3 Å². The second kappa shape index (κ2) is 11.1. The van der Waals surface area contributed by atoms with E-state index in [2.05, 4.69) is 37.1 Å². The number of hydrogen-bond acceptors (Lipinski definition) is 5. The number of primary amides is 1. The van der Waals surface area contributed by atoms with Crippen LogP contribution in [0.1, 0.15) is 19.3 Å². The van der Waals surface area contributed by atoms with Crippen molar-refractivity contribution < 1.29 is 9.53 Å². The fourth-order valence-electron chi connectivity index (χ4n) is 4.30. The molecule has 2 aliphatic heterocycles. The van der Waals surface area contributed by atoms with Crippen molar-refractivity contribution in [3.63, 3.8) is 0 Å². The van der Waals surface area contributed by atoms with Crippen molar-refractivity contribution in [3.8, 4) is 5.75 Å². The average molecular weight is 417 g/mol.